The van der Waals surface area contributed by atoms with Crippen molar-refractivity contribution in [3.05, 3.63) is 46.8 Å². The van der Waals surface area contributed by atoms with Crippen molar-refractivity contribution in [3.8, 4) is 11.6 Å². The van der Waals surface area contributed by atoms with Gasteiger partial charge < -0.3 is 4.74 Å². The van der Waals surface area contributed by atoms with Gasteiger partial charge >= 0.3 is 0 Å². The standard InChI is InChI=1S/C11H8BrFN2O3S/c12-9-3-1-7(5-10(9)13)18-11-4-2-8(6-15-11)19(14,16)17/h1-6H,(H2,14,16,17). The van der Waals surface area contributed by atoms with Crippen LogP contribution in [-0.2, 0) is 10.0 Å². The third-order valence-corrected chi connectivity index (χ3v) is 3.69. The lowest BCUT2D eigenvalue weighted by molar-refractivity contribution is 0.456. The molecule has 2 aromatic rings. The molecule has 0 saturated carbocycles. The first-order valence-corrected chi connectivity index (χ1v) is 7.32. The topological polar surface area (TPSA) is 82.3 Å². The van der Waals surface area contributed by atoms with E-state index in [1.54, 1.807) is 6.07 Å². The van der Waals surface area contributed by atoms with Crippen LogP contribution in [0.5, 0.6) is 11.6 Å². The Morgan fingerprint density at radius 2 is 2.00 bits per heavy atom. The molecule has 0 spiro atoms. The molecule has 1 aromatic heterocycles. The highest BCUT2D eigenvalue weighted by molar-refractivity contribution is 9.10. The van der Waals surface area contributed by atoms with Crippen LogP contribution in [0.15, 0.2) is 45.9 Å². The molecule has 0 atom stereocenters. The molecule has 0 fully saturated rings. The van der Waals surface area contributed by atoms with Crippen LogP contribution in [0.2, 0.25) is 0 Å². The Morgan fingerprint density at radius 1 is 1.26 bits per heavy atom. The lowest BCUT2D eigenvalue weighted by Gasteiger charge is -2.05. The van der Waals surface area contributed by atoms with Crippen molar-refractivity contribution in [1.82, 2.24) is 4.98 Å². The van der Waals surface area contributed by atoms with Crippen molar-refractivity contribution in [2.45, 2.75) is 4.90 Å². The normalized spacial score (nSPS) is 11.3. The number of nitrogens with two attached hydrogens (primary N) is 1. The van der Waals surface area contributed by atoms with E-state index in [9.17, 15) is 12.8 Å². The van der Waals surface area contributed by atoms with Gasteiger partial charge in [-0.25, -0.2) is 22.9 Å². The largest absolute Gasteiger partial charge is 0.439 e. The average molecular weight is 347 g/mol. The van der Waals surface area contributed by atoms with Gasteiger partial charge in [0.25, 0.3) is 0 Å². The van der Waals surface area contributed by atoms with E-state index in [1.807, 2.05) is 0 Å². The van der Waals surface area contributed by atoms with Gasteiger partial charge in [-0.05, 0) is 34.1 Å². The van der Waals surface area contributed by atoms with Crippen LogP contribution in [0, 0.1) is 5.82 Å². The summed E-state index contributed by atoms with van der Waals surface area (Å²) in [5.41, 5.74) is 0. The predicted molar refractivity (Wildman–Crippen MR) is 69.8 cm³/mol. The summed E-state index contributed by atoms with van der Waals surface area (Å²) in [6.45, 7) is 0. The van der Waals surface area contributed by atoms with Gasteiger partial charge in [0.15, 0.2) is 0 Å². The fourth-order valence-electron chi connectivity index (χ4n) is 1.26. The SMILES string of the molecule is NS(=O)(=O)c1ccc(Oc2ccc(Br)c(F)c2)nc1. The summed E-state index contributed by atoms with van der Waals surface area (Å²) in [5.74, 6) is -0.0932. The van der Waals surface area contributed by atoms with Gasteiger partial charge in [-0.15, -0.1) is 0 Å². The highest BCUT2D eigenvalue weighted by Crippen LogP contribution is 2.24. The van der Waals surface area contributed by atoms with E-state index in [4.69, 9.17) is 9.88 Å². The molecular weight excluding hydrogens is 339 g/mol. The van der Waals surface area contributed by atoms with Gasteiger partial charge in [-0.2, -0.15) is 0 Å². The molecule has 0 saturated heterocycles. The van der Waals surface area contributed by atoms with Crippen molar-refractivity contribution in [1.29, 1.82) is 0 Å². The Bertz CT molecular complexity index is 704. The number of halogens is 2. The number of primary sulfonamides is 1. The van der Waals surface area contributed by atoms with E-state index < -0.39 is 15.8 Å². The maximum atomic E-state index is 13.3. The third kappa shape index (κ3) is 3.49. The number of hydrogen-bond acceptors (Lipinski definition) is 4. The summed E-state index contributed by atoms with van der Waals surface area (Å²) in [6.07, 6.45) is 1.07. The lowest BCUT2D eigenvalue weighted by Crippen LogP contribution is -2.12. The Kier molecular flexibility index (Phi) is 3.83. The van der Waals surface area contributed by atoms with Crippen molar-refractivity contribution < 1.29 is 17.5 Å². The summed E-state index contributed by atoms with van der Waals surface area (Å²) >= 11 is 3.02. The van der Waals surface area contributed by atoms with E-state index in [-0.39, 0.29) is 16.5 Å². The molecule has 0 bridgehead atoms. The van der Waals surface area contributed by atoms with Gasteiger partial charge in [0, 0.05) is 12.1 Å². The van der Waals surface area contributed by atoms with Crippen LogP contribution in [0.4, 0.5) is 4.39 Å². The molecule has 0 aliphatic rings. The van der Waals surface area contributed by atoms with Crippen molar-refractivity contribution in [2.75, 3.05) is 0 Å². The number of benzene rings is 1. The summed E-state index contributed by atoms with van der Waals surface area (Å²) in [5, 5.41) is 4.93. The smallest absolute Gasteiger partial charge is 0.239 e. The van der Waals surface area contributed by atoms with Gasteiger partial charge in [0.05, 0.1) is 10.7 Å². The second-order valence-electron chi connectivity index (χ2n) is 3.56. The molecular formula is C11H8BrFN2O3S. The summed E-state index contributed by atoms with van der Waals surface area (Å²) in [4.78, 5) is 3.65. The minimum absolute atomic E-state index is 0.123. The zero-order valence-corrected chi connectivity index (χ0v) is 11.8. The maximum Gasteiger partial charge on any atom is 0.239 e. The summed E-state index contributed by atoms with van der Waals surface area (Å²) in [7, 11) is -3.79. The lowest BCUT2D eigenvalue weighted by atomic mass is 10.3. The summed E-state index contributed by atoms with van der Waals surface area (Å²) in [6, 6.07) is 6.80. The molecule has 100 valence electrons. The van der Waals surface area contributed by atoms with E-state index in [0.717, 1.165) is 6.20 Å². The number of sulfonamides is 1. The number of aromatic nitrogens is 1. The van der Waals surface area contributed by atoms with E-state index >= 15 is 0 Å². The first kappa shape index (κ1) is 13.9. The van der Waals surface area contributed by atoms with Crippen molar-refractivity contribution >= 4 is 26.0 Å². The van der Waals surface area contributed by atoms with Gasteiger partial charge in [-0.1, -0.05) is 0 Å². The Hall–Kier alpha value is -1.51. The zero-order chi connectivity index (χ0) is 14.0. The minimum atomic E-state index is -3.79. The fourth-order valence-corrected chi connectivity index (χ4v) is 1.96. The number of nitrogens with zero attached hydrogens (tertiary/aromatic N) is 1. The van der Waals surface area contributed by atoms with Crippen LogP contribution in [0.3, 0.4) is 0 Å². The number of rotatable bonds is 3. The highest BCUT2D eigenvalue weighted by atomic mass is 79.9. The molecule has 8 heteroatoms. The fraction of sp³-hybridized carbons (Fsp3) is 0. The third-order valence-electron chi connectivity index (χ3n) is 2.15. The number of pyridine rings is 1. The molecule has 0 aliphatic heterocycles. The molecule has 5 nitrogen and oxygen atoms in total. The first-order valence-electron chi connectivity index (χ1n) is 4.98. The van der Waals surface area contributed by atoms with E-state index in [1.165, 1.54) is 24.3 Å². The molecule has 2 rings (SSSR count). The molecule has 1 heterocycles. The zero-order valence-electron chi connectivity index (χ0n) is 9.38. The van der Waals surface area contributed by atoms with E-state index in [0.29, 0.717) is 4.47 Å². The molecule has 0 unspecified atom stereocenters. The monoisotopic (exact) mass is 346 g/mol. The second kappa shape index (κ2) is 5.24. The maximum absolute atomic E-state index is 13.3. The van der Waals surface area contributed by atoms with Crippen LogP contribution in [-0.4, -0.2) is 13.4 Å². The Morgan fingerprint density at radius 3 is 2.53 bits per heavy atom. The first-order chi connectivity index (χ1) is 8.86. The number of ether oxygens (including phenoxy) is 1. The van der Waals surface area contributed by atoms with Gasteiger partial charge in [-0.3, -0.25) is 0 Å². The highest BCUT2D eigenvalue weighted by Gasteiger charge is 2.09. The average Bonchev–Trinajstić information content (AvgIpc) is 2.33. The number of hydrogen-bond donors (Lipinski definition) is 1. The molecule has 19 heavy (non-hydrogen) atoms. The van der Waals surface area contributed by atoms with Crippen LogP contribution < -0.4 is 9.88 Å². The van der Waals surface area contributed by atoms with Crippen LogP contribution in [0.1, 0.15) is 0 Å². The molecule has 0 amide bonds. The van der Waals surface area contributed by atoms with Crippen LogP contribution in [0.25, 0.3) is 0 Å². The Balaban J connectivity index is 2.22. The molecule has 1 aromatic carbocycles. The van der Waals surface area contributed by atoms with Gasteiger partial charge in [0.2, 0.25) is 15.9 Å². The van der Waals surface area contributed by atoms with Crippen molar-refractivity contribution in [3.63, 3.8) is 0 Å². The van der Waals surface area contributed by atoms with Crippen molar-refractivity contribution in [2.24, 2.45) is 5.14 Å². The Labute approximate surface area is 117 Å². The predicted octanol–water partition coefficient (Wildman–Crippen LogP) is 2.42. The molecule has 0 radical (unpaired) electrons. The molecule has 2 N–H and O–H groups in total. The van der Waals surface area contributed by atoms with E-state index in [2.05, 4.69) is 20.9 Å². The quantitative estimate of drug-likeness (QED) is 0.925. The van der Waals surface area contributed by atoms with Crippen LogP contribution >= 0.6 is 15.9 Å². The molecule has 0 aliphatic carbocycles. The minimum Gasteiger partial charge on any atom is -0.439 e. The summed E-state index contributed by atoms with van der Waals surface area (Å²) < 4.78 is 40.9. The van der Waals surface area contributed by atoms with Gasteiger partial charge in [0.1, 0.15) is 16.5 Å². The second-order valence-corrected chi connectivity index (χ2v) is 5.97.